The number of likely N-dealkylation sites (N-methyl/N-ethyl adjacent to an activating group) is 1. The van der Waals surface area contributed by atoms with Crippen LogP contribution in [0.2, 0.25) is 0 Å². The number of hydrogen-bond acceptors (Lipinski definition) is 9. The van der Waals surface area contributed by atoms with Gasteiger partial charge in [0.25, 0.3) is 0 Å². The van der Waals surface area contributed by atoms with E-state index in [-0.39, 0.29) is 36.3 Å². The molecule has 0 heterocycles. The molecule has 1 aromatic rings. The molecular weight excluding hydrogens is 473 g/mol. The van der Waals surface area contributed by atoms with Gasteiger partial charge in [0.1, 0.15) is 24.1 Å². The number of carbonyl (C=O) groups excluding carboxylic acids is 3. The Kier molecular flexibility index (Phi) is 6.71. The highest BCUT2D eigenvalue weighted by Crippen LogP contribution is 2.52. The molecule has 4 unspecified atom stereocenters. The number of amides is 1. The highest BCUT2D eigenvalue weighted by atomic mass is 19.1. The Morgan fingerprint density at radius 1 is 1.31 bits per heavy atom. The number of halogens is 1. The van der Waals surface area contributed by atoms with Crippen molar-refractivity contribution in [1.82, 2.24) is 10.2 Å². The predicted octanol–water partition coefficient (Wildman–Crippen LogP) is -0.267. The van der Waals surface area contributed by atoms with Crippen LogP contribution < -0.4 is 11.1 Å². The van der Waals surface area contributed by atoms with Gasteiger partial charge >= 0.3 is 0 Å². The number of aliphatic hydroxyl groups excluding tert-OH is 2. The number of benzene rings is 1. The van der Waals surface area contributed by atoms with Crippen molar-refractivity contribution in [2.45, 2.75) is 50.1 Å². The SMILES string of the molecule is CC(CF)NCc1ccc(O)c2c1C[C@H]1C[C@H]3C(N(C)C)C(O)C(C(N)=O)C(=O)[C@@]3(O)C(O)=C1C2=O. The topological polar surface area (TPSA) is 173 Å². The molecule has 0 saturated heterocycles. The van der Waals surface area contributed by atoms with E-state index in [4.69, 9.17) is 5.73 Å². The minimum Gasteiger partial charge on any atom is -0.508 e. The minimum atomic E-state index is -2.61. The van der Waals surface area contributed by atoms with Gasteiger partial charge in [0, 0.05) is 30.1 Å². The number of nitrogens with two attached hydrogens (primary N) is 1. The number of ketones is 2. The third-order valence-corrected chi connectivity index (χ3v) is 7.95. The number of primary amides is 1. The second-order valence-electron chi connectivity index (χ2n) is 10.3. The van der Waals surface area contributed by atoms with E-state index >= 15 is 0 Å². The molecule has 7 atom stereocenters. The summed E-state index contributed by atoms with van der Waals surface area (Å²) in [6.07, 6.45) is -1.28. The van der Waals surface area contributed by atoms with Crippen LogP contribution in [0.5, 0.6) is 5.75 Å². The van der Waals surface area contributed by atoms with Gasteiger partial charge in [-0.15, -0.1) is 0 Å². The predicted molar refractivity (Wildman–Crippen MR) is 126 cm³/mol. The standard InChI is InChI=1S/C25H32FN3O7/c1-10(8-26)28-9-11-4-5-15(30)17-13(11)6-12-7-14-19(29(2)3)21(32)18(24(27)35)23(34)25(14,36)22(33)16(12)20(17)31/h4-5,10,12,14,18-19,21,28,30,32-33,36H,6-9H2,1-3H3,(H2,27,35)/t10?,12-,14-,18?,19?,21?,25-/m0/s1. The lowest BCUT2D eigenvalue weighted by Crippen LogP contribution is -2.71. The number of nitrogens with one attached hydrogen (secondary N) is 1. The van der Waals surface area contributed by atoms with Crippen molar-refractivity contribution in [2.75, 3.05) is 20.8 Å². The van der Waals surface area contributed by atoms with Crippen LogP contribution in [0.15, 0.2) is 23.5 Å². The number of nitrogens with zero attached hydrogens (tertiary/aromatic N) is 1. The van der Waals surface area contributed by atoms with Gasteiger partial charge in [-0.1, -0.05) is 6.07 Å². The molecule has 196 valence electrons. The molecule has 4 rings (SSSR count). The van der Waals surface area contributed by atoms with Gasteiger partial charge in [-0.25, -0.2) is 4.39 Å². The summed E-state index contributed by atoms with van der Waals surface area (Å²) in [6.45, 7) is 1.33. The van der Waals surface area contributed by atoms with Crippen molar-refractivity contribution in [1.29, 1.82) is 0 Å². The van der Waals surface area contributed by atoms with E-state index in [0.29, 0.717) is 11.1 Å². The number of allylic oxidation sites excluding steroid dienone is 1. The summed E-state index contributed by atoms with van der Waals surface area (Å²) < 4.78 is 13.0. The van der Waals surface area contributed by atoms with Crippen molar-refractivity contribution in [2.24, 2.45) is 23.5 Å². The van der Waals surface area contributed by atoms with Gasteiger partial charge in [-0.3, -0.25) is 14.4 Å². The summed E-state index contributed by atoms with van der Waals surface area (Å²) in [5.41, 5.74) is 3.71. The number of hydrogen-bond donors (Lipinski definition) is 6. The van der Waals surface area contributed by atoms with Crippen molar-refractivity contribution in [3.05, 3.63) is 40.2 Å². The van der Waals surface area contributed by atoms with Crippen LogP contribution in [-0.4, -0.2) is 87.4 Å². The molecule has 7 N–H and O–H groups in total. The number of aromatic hydroxyl groups is 1. The van der Waals surface area contributed by atoms with Crippen LogP contribution >= 0.6 is 0 Å². The van der Waals surface area contributed by atoms with Crippen LogP contribution in [0.4, 0.5) is 4.39 Å². The highest BCUT2D eigenvalue weighted by molar-refractivity contribution is 6.15. The molecule has 11 heteroatoms. The summed E-state index contributed by atoms with van der Waals surface area (Å²) in [5, 5.41) is 47.3. The molecule has 3 aliphatic carbocycles. The lowest BCUT2D eigenvalue weighted by molar-refractivity contribution is -0.178. The number of phenols is 1. The first-order chi connectivity index (χ1) is 16.9. The Hall–Kier alpha value is -2.86. The third-order valence-electron chi connectivity index (χ3n) is 7.95. The Labute approximate surface area is 207 Å². The summed E-state index contributed by atoms with van der Waals surface area (Å²) in [5.74, 6) is -7.70. The first-order valence-corrected chi connectivity index (χ1v) is 11.9. The van der Waals surface area contributed by atoms with Crippen LogP contribution in [0.25, 0.3) is 0 Å². The fourth-order valence-corrected chi connectivity index (χ4v) is 6.17. The molecule has 1 fully saturated rings. The Balaban J connectivity index is 1.86. The number of alkyl halides is 1. The average molecular weight is 506 g/mol. The summed E-state index contributed by atoms with van der Waals surface area (Å²) in [6, 6.07) is 1.62. The van der Waals surface area contributed by atoms with Crippen LogP contribution in [0, 0.1) is 17.8 Å². The van der Waals surface area contributed by atoms with E-state index < -0.39 is 71.4 Å². The maximum Gasteiger partial charge on any atom is 0.230 e. The minimum absolute atomic E-state index is 0.0433. The van der Waals surface area contributed by atoms with Crippen molar-refractivity contribution < 1.29 is 39.2 Å². The first-order valence-electron chi connectivity index (χ1n) is 11.9. The normalized spacial score (nSPS) is 32.7. The molecule has 1 amide bonds. The van der Waals surface area contributed by atoms with Gasteiger partial charge < -0.3 is 36.4 Å². The number of aliphatic hydroxyl groups is 3. The first kappa shape index (κ1) is 26.2. The van der Waals surface area contributed by atoms with E-state index in [1.54, 1.807) is 32.0 Å². The van der Waals surface area contributed by atoms with E-state index in [2.05, 4.69) is 5.32 Å². The van der Waals surface area contributed by atoms with Crippen LogP contribution in [0.1, 0.15) is 34.8 Å². The molecule has 0 aliphatic heterocycles. The molecule has 1 aromatic carbocycles. The van der Waals surface area contributed by atoms with E-state index in [0.717, 1.165) is 0 Å². The van der Waals surface area contributed by atoms with Crippen molar-refractivity contribution >= 4 is 17.5 Å². The number of rotatable bonds is 6. The van der Waals surface area contributed by atoms with Gasteiger partial charge in [0.15, 0.2) is 17.2 Å². The molecule has 0 aromatic heterocycles. The second kappa shape index (κ2) is 9.22. The highest BCUT2D eigenvalue weighted by Gasteiger charge is 2.66. The Morgan fingerprint density at radius 2 is 1.97 bits per heavy atom. The van der Waals surface area contributed by atoms with Crippen LogP contribution in [0.3, 0.4) is 0 Å². The van der Waals surface area contributed by atoms with Gasteiger partial charge in [-0.2, -0.15) is 0 Å². The van der Waals surface area contributed by atoms with Crippen molar-refractivity contribution in [3.8, 4) is 5.75 Å². The number of carbonyl (C=O) groups is 3. The summed E-state index contributed by atoms with van der Waals surface area (Å²) >= 11 is 0. The molecule has 1 saturated carbocycles. The van der Waals surface area contributed by atoms with Gasteiger partial charge in [-0.05, 0) is 57.0 Å². The monoisotopic (exact) mass is 505 g/mol. The fraction of sp³-hybridized carbons (Fsp3) is 0.560. The molecule has 10 nitrogen and oxygen atoms in total. The molecule has 3 aliphatic rings. The smallest absolute Gasteiger partial charge is 0.230 e. The largest absolute Gasteiger partial charge is 0.508 e. The molecule has 0 radical (unpaired) electrons. The maximum atomic E-state index is 13.6. The lowest BCUT2D eigenvalue weighted by Gasteiger charge is -2.53. The second-order valence-corrected chi connectivity index (χ2v) is 10.3. The van der Waals surface area contributed by atoms with Gasteiger partial charge in [0.2, 0.25) is 5.91 Å². The molecule has 0 spiro atoms. The zero-order valence-electron chi connectivity index (χ0n) is 20.4. The van der Waals surface area contributed by atoms with E-state index in [9.17, 15) is 39.2 Å². The Morgan fingerprint density at radius 3 is 2.56 bits per heavy atom. The summed E-state index contributed by atoms with van der Waals surface area (Å²) in [4.78, 5) is 40.6. The van der Waals surface area contributed by atoms with E-state index in [1.165, 1.54) is 6.07 Å². The number of Topliss-reactive ketones (excluding diaryl/α,β-unsaturated/α-hetero) is 2. The van der Waals surface area contributed by atoms with Crippen molar-refractivity contribution in [3.63, 3.8) is 0 Å². The van der Waals surface area contributed by atoms with E-state index in [1.807, 2.05) is 0 Å². The zero-order valence-corrected chi connectivity index (χ0v) is 20.4. The van der Waals surface area contributed by atoms with Crippen LogP contribution in [-0.2, 0) is 22.6 Å². The average Bonchev–Trinajstić information content (AvgIpc) is 2.80. The number of fused-ring (bicyclic) bond motifs is 3. The third kappa shape index (κ3) is 3.73. The summed E-state index contributed by atoms with van der Waals surface area (Å²) in [7, 11) is 3.21. The lowest BCUT2D eigenvalue weighted by atomic mass is 9.56. The quantitative estimate of drug-likeness (QED) is 0.285. The maximum absolute atomic E-state index is 13.6. The number of phenolic OH excluding ortho intramolecular Hbond substituents is 1. The molecule has 36 heavy (non-hydrogen) atoms. The Bertz CT molecular complexity index is 1150. The van der Waals surface area contributed by atoms with Gasteiger partial charge in [0.05, 0.1) is 11.7 Å². The molecular formula is C25H32FN3O7. The fourth-order valence-electron chi connectivity index (χ4n) is 6.17. The zero-order chi connectivity index (χ0) is 26.7. The molecule has 0 bridgehead atoms.